The van der Waals surface area contributed by atoms with E-state index in [2.05, 4.69) is 67.4 Å². The van der Waals surface area contributed by atoms with Crippen LogP contribution in [0.5, 0.6) is 0 Å². The number of aryl methyl sites for hydroxylation is 2. The Kier molecular flexibility index (Phi) is 4.94. The molecule has 27 heavy (non-hydrogen) atoms. The van der Waals surface area contributed by atoms with Crippen LogP contribution in [0.3, 0.4) is 0 Å². The van der Waals surface area contributed by atoms with Crippen molar-refractivity contribution < 1.29 is 4.79 Å². The van der Waals surface area contributed by atoms with Gasteiger partial charge in [0.25, 0.3) is 0 Å². The van der Waals surface area contributed by atoms with Crippen molar-refractivity contribution in [2.45, 2.75) is 51.5 Å². The first-order valence-electron chi connectivity index (χ1n) is 9.80. The summed E-state index contributed by atoms with van der Waals surface area (Å²) in [5.41, 5.74) is 6.15. The fraction of sp³-hybridized carbons (Fsp3) is 0.435. The van der Waals surface area contributed by atoms with E-state index < -0.39 is 0 Å². The molecule has 1 heterocycles. The molecule has 4 rings (SSSR count). The minimum absolute atomic E-state index is 0.147. The molecule has 1 amide bonds. The van der Waals surface area contributed by atoms with Gasteiger partial charge in [0.15, 0.2) is 0 Å². The third kappa shape index (κ3) is 4.16. The number of fused-ring (bicyclic) bond motifs is 1. The molecule has 2 aliphatic rings. The standard InChI is InChI=1S/C23H28N2OS/c1-16-12-19(25-10-11-27-20-7-5-4-6-18(20)15-25)13-17(2)22(16)24-21(26)14-23(3)8-9-23/h4-7,12-13H,8-11,14-15H2,1-3H3,(H,24,26). The number of nitrogens with zero attached hydrogens (tertiary/aromatic N) is 1. The highest BCUT2D eigenvalue weighted by Gasteiger charge is 2.39. The summed E-state index contributed by atoms with van der Waals surface area (Å²) in [6, 6.07) is 13.1. The number of benzene rings is 2. The first-order chi connectivity index (χ1) is 12.9. The fourth-order valence-electron chi connectivity index (χ4n) is 3.83. The number of thioether (sulfide) groups is 1. The maximum absolute atomic E-state index is 12.4. The highest BCUT2D eigenvalue weighted by Crippen LogP contribution is 2.48. The average molecular weight is 381 g/mol. The van der Waals surface area contributed by atoms with Crippen LogP contribution in [0.25, 0.3) is 0 Å². The molecule has 142 valence electrons. The van der Waals surface area contributed by atoms with Gasteiger partial charge in [-0.3, -0.25) is 4.79 Å². The largest absolute Gasteiger partial charge is 0.366 e. The summed E-state index contributed by atoms with van der Waals surface area (Å²) < 4.78 is 0. The molecule has 3 nitrogen and oxygen atoms in total. The maximum atomic E-state index is 12.4. The maximum Gasteiger partial charge on any atom is 0.224 e. The first-order valence-corrected chi connectivity index (χ1v) is 10.8. The molecule has 1 aliphatic heterocycles. The Balaban J connectivity index is 1.53. The molecule has 1 N–H and O–H groups in total. The summed E-state index contributed by atoms with van der Waals surface area (Å²) in [5.74, 6) is 1.24. The number of hydrogen-bond acceptors (Lipinski definition) is 3. The highest BCUT2D eigenvalue weighted by atomic mass is 32.2. The molecule has 2 aromatic carbocycles. The number of rotatable bonds is 4. The van der Waals surface area contributed by atoms with Gasteiger partial charge in [-0.25, -0.2) is 0 Å². The Morgan fingerprint density at radius 3 is 2.59 bits per heavy atom. The molecule has 0 radical (unpaired) electrons. The van der Waals surface area contributed by atoms with E-state index in [9.17, 15) is 4.79 Å². The van der Waals surface area contributed by atoms with Crippen molar-refractivity contribution in [3.63, 3.8) is 0 Å². The summed E-state index contributed by atoms with van der Waals surface area (Å²) in [7, 11) is 0. The number of anilines is 2. The molecule has 4 heteroatoms. The van der Waals surface area contributed by atoms with Gasteiger partial charge in [0.1, 0.15) is 0 Å². The van der Waals surface area contributed by atoms with Crippen molar-refractivity contribution in [3.05, 3.63) is 53.1 Å². The summed E-state index contributed by atoms with van der Waals surface area (Å²) in [5, 5.41) is 3.17. The molecular formula is C23H28N2OS. The van der Waals surface area contributed by atoms with Gasteiger partial charge in [-0.05, 0) is 67.0 Å². The van der Waals surface area contributed by atoms with Gasteiger partial charge in [-0.2, -0.15) is 0 Å². The molecular weight excluding hydrogens is 352 g/mol. The molecule has 0 aromatic heterocycles. The topological polar surface area (TPSA) is 32.3 Å². The van der Waals surface area contributed by atoms with E-state index in [1.807, 2.05) is 11.8 Å². The van der Waals surface area contributed by atoms with Gasteiger partial charge >= 0.3 is 0 Å². The van der Waals surface area contributed by atoms with Crippen molar-refractivity contribution in [3.8, 4) is 0 Å². The third-order valence-electron chi connectivity index (χ3n) is 5.79. The smallest absolute Gasteiger partial charge is 0.224 e. The lowest BCUT2D eigenvalue weighted by Crippen LogP contribution is -2.24. The summed E-state index contributed by atoms with van der Waals surface area (Å²) in [6.45, 7) is 8.37. The molecule has 2 aromatic rings. The SMILES string of the molecule is Cc1cc(N2CCSc3ccccc3C2)cc(C)c1NC(=O)CC1(C)CC1. The Hall–Kier alpha value is -1.94. The molecule has 1 saturated carbocycles. The lowest BCUT2D eigenvalue weighted by molar-refractivity contribution is -0.117. The van der Waals surface area contributed by atoms with Crippen LogP contribution >= 0.6 is 11.8 Å². The zero-order valence-corrected chi connectivity index (χ0v) is 17.3. The van der Waals surface area contributed by atoms with E-state index in [0.29, 0.717) is 6.42 Å². The number of hydrogen-bond donors (Lipinski definition) is 1. The predicted octanol–water partition coefficient (Wildman–Crippen LogP) is 5.54. The zero-order chi connectivity index (χ0) is 19.0. The van der Waals surface area contributed by atoms with Crippen LogP contribution in [0.1, 0.15) is 42.9 Å². The minimum Gasteiger partial charge on any atom is -0.366 e. The van der Waals surface area contributed by atoms with Crippen LogP contribution in [0.2, 0.25) is 0 Å². The van der Waals surface area contributed by atoms with Gasteiger partial charge in [0, 0.05) is 41.5 Å². The Bertz CT molecular complexity index is 849. The van der Waals surface area contributed by atoms with Gasteiger partial charge in [0.05, 0.1) is 0 Å². The predicted molar refractivity (Wildman–Crippen MR) is 115 cm³/mol. The minimum atomic E-state index is 0.147. The molecule has 0 spiro atoms. The highest BCUT2D eigenvalue weighted by molar-refractivity contribution is 7.99. The molecule has 0 saturated heterocycles. The number of carbonyl (C=O) groups is 1. The average Bonchev–Trinajstić information content (AvgIpc) is 3.38. The van der Waals surface area contributed by atoms with E-state index in [-0.39, 0.29) is 11.3 Å². The Labute approximate surface area is 166 Å². The summed E-state index contributed by atoms with van der Waals surface area (Å²) in [6.07, 6.45) is 2.98. The molecule has 1 fully saturated rings. The third-order valence-corrected chi connectivity index (χ3v) is 6.89. The Morgan fingerprint density at radius 1 is 1.19 bits per heavy atom. The van der Waals surface area contributed by atoms with Crippen molar-refractivity contribution in [2.75, 3.05) is 22.5 Å². The second-order valence-corrected chi connectivity index (χ2v) is 9.50. The van der Waals surface area contributed by atoms with Gasteiger partial charge in [-0.1, -0.05) is 25.1 Å². The Morgan fingerprint density at radius 2 is 1.89 bits per heavy atom. The zero-order valence-electron chi connectivity index (χ0n) is 16.5. The second-order valence-electron chi connectivity index (χ2n) is 8.37. The van der Waals surface area contributed by atoms with Crippen LogP contribution in [-0.4, -0.2) is 18.2 Å². The lowest BCUT2D eigenvalue weighted by atomic mass is 10.0. The van der Waals surface area contributed by atoms with Crippen LogP contribution in [-0.2, 0) is 11.3 Å². The normalized spacial score (nSPS) is 17.8. The van der Waals surface area contributed by atoms with Gasteiger partial charge in [-0.15, -0.1) is 11.8 Å². The number of carbonyl (C=O) groups excluding carboxylic acids is 1. The quantitative estimate of drug-likeness (QED) is 0.755. The first kappa shape index (κ1) is 18.4. The van der Waals surface area contributed by atoms with Crippen molar-refractivity contribution >= 4 is 29.0 Å². The van der Waals surface area contributed by atoms with Crippen molar-refractivity contribution in [2.24, 2.45) is 5.41 Å². The summed E-state index contributed by atoms with van der Waals surface area (Å²) >= 11 is 1.94. The monoisotopic (exact) mass is 380 g/mol. The van der Waals surface area contributed by atoms with Gasteiger partial charge < -0.3 is 10.2 Å². The van der Waals surface area contributed by atoms with E-state index in [4.69, 9.17) is 0 Å². The fourth-order valence-corrected chi connectivity index (χ4v) is 4.85. The second kappa shape index (κ2) is 7.23. The van der Waals surface area contributed by atoms with Crippen LogP contribution in [0, 0.1) is 19.3 Å². The van der Waals surface area contributed by atoms with E-state index in [0.717, 1.165) is 35.7 Å². The number of amides is 1. The molecule has 0 atom stereocenters. The number of nitrogens with one attached hydrogen (secondary N) is 1. The van der Waals surface area contributed by atoms with E-state index in [1.54, 1.807) is 0 Å². The molecule has 0 unspecified atom stereocenters. The summed E-state index contributed by atoms with van der Waals surface area (Å²) in [4.78, 5) is 16.3. The van der Waals surface area contributed by atoms with Gasteiger partial charge in [0.2, 0.25) is 5.91 Å². The van der Waals surface area contributed by atoms with Crippen LogP contribution < -0.4 is 10.2 Å². The van der Waals surface area contributed by atoms with Crippen molar-refractivity contribution in [1.82, 2.24) is 0 Å². The van der Waals surface area contributed by atoms with Crippen LogP contribution in [0.4, 0.5) is 11.4 Å². The lowest BCUT2D eigenvalue weighted by Gasteiger charge is -2.25. The van der Waals surface area contributed by atoms with E-state index >= 15 is 0 Å². The van der Waals surface area contributed by atoms with E-state index in [1.165, 1.54) is 29.0 Å². The molecule has 0 bridgehead atoms. The van der Waals surface area contributed by atoms with Crippen LogP contribution in [0.15, 0.2) is 41.3 Å². The molecule has 1 aliphatic carbocycles. The van der Waals surface area contributed by atoms with Crippen molar-refractivity contribution in [1.29, 1.82) is 0 Å².